The van der Waals surface area contributed by atoms with E-state index in [0.29, 0.717) is 27.5 Å². The van der Waals surface area contributed by atoms with Crippen molar-refractivity contribution in [3.63, 3.8) is 0 Å². The summed E-state index contributed by atoms with van der Waals surface area (Å²) in [5.41, 5.74) is 2.21. The van der Waals surface area contributed by atoms with E-state index < -0.39 is 48.9 Å². The van der Waals surface area contributed by atoms with Crippen molar-refractivity contribution in [1.29, 1.82) is 0 Å². The molecule has 180 valence electrons. The number of alkyl halides is 3. The van der Waals surface area contributed by atoms with Crippen molar-refractivity contribution in [1.82, 2.24) is 10.6 Å². The van der Waals surface area contributed by atoms with Crippen molar-refractivity contribution in [2.45, 2.75) is 38.1 Å². The minimum atomic E-state index is -4.49. The van der Waals surface area contributed by atoms with E-state index in [2.05, 4.69) is 15.6 Å². The molecule has 2 aromatic carbocycles. The highest BCUT2D eigenvalue weighted by Gasteiger charge is 2.33. The molecule has 7 nitrogen and oxygen atoms in total. The highest BCUT2D eigenvalue weighted by Crippen LogP contribution is 2.30. The van der Waals surface area contributed by atoms with E-state index in [4.69, 9.17) is 11.6 Å². The van der Waals surface area contributed by atoms with Crippen LogP contribution >= 0.6 is 11.6 Å². The van der Waals surface area contributed by atoms with E-state index in [1.807, 2.05) is 6.07 Å². The Bertz CT molecular complexity index is 1120. The van der Waals surface area contributed by atoms with Crippen LogP contribution in [-0.2, 0) is 14.4 Å². The zero-order valence-corrected chi connectivity index (χ0v) is 19.1. The molecule has 2 atom stereocenters. The second-order valence-electron chi connectivity index (χ2n) is 7.72. The summed E-state index contributed by atoms with van der Waals surface area (Å²) in [4.78, 5) is 43.4. The maximum atomic E-state index is 13.1. The van der Waals surface area contributed by atoms with Crippen LogP contribution in [-0.4, -0.2) is 48.9 Å². The van der Waals surface area contributed by atoms with Crippen LogP contribution in [0.2, 0.25) is 5.02 Å². The molecule has 0 bridgehead atoms. The predicted octanol–water partition coefficient (Wildman–Crippen LogP) is 3.44. The molecule has 1 heterocycles. The minimum Gasteiger partial charge on any atom is -0.345 e. The molecule has 0 saturated heterocycles. The number of hydrogen-bond acceptors (Lipinski definition) is 4. The quantitative estimate of drug-likeness (QED) is 0.644. The molecular weight excluding hydrogens is 473 g/mol. The highest BCUT2D eigenvalue weighted by molar-refractivity contribution is 6.32. The lowest BCUT2D eigenvalue weighted by atomic mass is 10.0. The fourth-order valence-electron chi connectivity index (χ4n) is 3.36. The molecule has 0 saturated carbocycles. The average molecular weight is 495 g/mol. The first-order valence-electron chi connectivity index (χ1n) is 10.3. The Morgan fingerprint density at radius 1 is 1.18 bits per heavy atom. The van der Waals surface area contributed by atoms with E-state index >= 15 is 0 Å². The fraction of sp³-hybridized carbons (Fsp3) is 0.304. The molecule has 34 heavy (non-hydrogen) atoms. The molecular formula is C23H22ClF3N4O3. The Morgan fingerprint density at radius 2 is 1.85 bits per heavy atom. The summed E-state index contributed by atoms with van der Waals surface area (Å²) in [5, 5.41) is 5.12. The number of halogens is 4. The molecule has 0 radical (unpaired) electrons. The van der Waals surface area contributed by atoms with Crippen LogP contribution in [0.3, 0.4) is 0 Å². The van der Waals surface area contributed by atoms with Gasteiger partial charge in [-0.1, -0.05) is 41.9 Å². The van der Waals surface area contributed by atoms with Crippen LogP contribution in [0, 0.1) is 0 Å². The van der Waals surface area contributed by atoms with Crippen LogP contribution in [0.5, 0.6) is 0 Å². The number of carbonyl (C=O) groups is 3. The molecule has 0 spiro atoms. The highest BCUT2D eigenvalue weighted by atomic mass is 35.5. The van der Waals surface area contributed by atoms with Gasteiger partial charge < -0.3 is 15.5 Å². The molecule has 11 heteroatoms. The van der Waals surface area contributed by atoms with Gasteiger partial charge in [-0.05, 0) is 25.1 Å². The number of fused-ring (bicyclic) bond motifs is 1. The second-order valence-corrected chi connectivity index (χ2v) is 8.15. The molecule has 1 aliphatic rings. The van der Waals surface area contributed by atoms with Crippen LogP contribution in [0.1, 0.15) is 30.9 Å². The van der Waals surface area contributed by atoms with Gasteiger partial charge in [-0.15, -0.1) is 0 Å². The Labute approximate surface area is 199 Å². The number of rotatable bonds is 6. The third-order valence-electron chi connectivity index (χ3n) is 5.13. The van der Waals surface area contributed by atoms with Crippen molar-refractivity contribution in [3.8, 4) is 0 Å². The van der Waals surface area contributed by atoms with Gasteiger partial charge in [-0.25, -0.2) is 4.99 Å². The zero-order chi connectivity index (χ0) is 25.0. The van der Waals surface area contributed by atoms with Crippen LogP contribution < -0.4 is 15.5 Å². The number of likely N-dealkylation sites (N-methyl/N-ethyl adjacent to an activating group) is 1. The monoisotopic (exact) mass is 494 g/mol. The summed E-state index contributed by atoms with van der Waals surface area (Å²) in [5.74, 6) is -2.24. The predicted molar refractivity (Wildman–Crippen MR) is 122 cm³/mol. The van der Waals surface area contributed by atoms with Crippen molar-refractivity contribution < 1.29 is 27.6 Å². The van der Waals surface area contributed by atoms with Gasteiger partial charge in [-0.3, -0.25) is 14.4 Å². The van der Waals surface area contributed by atoms with E-state index in [9.17, 15) is 27.6 Å². The Balaban J connectivity index is 1.86. The lowest BCUT2D eigenvalue weighted by Crippen LogP contribution is -2.52. The van der Waals surface area contributed by atoms with E-state index in [0.717, 1.165) is 0 Å². The number of amides is 3. The van der Waals surface area contributed by atoms with Crippen molar-refractivity contribution in [2.75, 3.05) is 11.9 Å². The number of nitrogens with one attached hydrogen (secondary N) is 2. The number of benzene rings is 2. The molecule has 1 aliphatic heterocycles. The lowest BCUT2D eigenvalue weighted by Gasteiger charge is -2.22. The summed E-state index contributed by atoms with van der Waals surface area (Å²) in [7, 11) is 1.53. The Kier molecular flexibility index (Phi) is 7.61. The number of hydrogen-bond donors (Lipinski definition) is 2. The summed E-state index contributed by atoms with van der Waals surface area (Å²) in [6.07, 6.45) is -7.93. The molecule has 0 aliphatic carbocycles. The summed E-state index contributed by atoms with van der Waals surface area (Å²) in [6, 6.07) is 12.8. The third-order valence-corrected chi connectivity index (χ3v) is 5.37. The molecule has 0 aromatic heterocycles. The normalized spacial score (nSPS) is 16.8. The fourth-order valence-corrected chi connectivity index (χ4v) is 3.53. The molecule has 2 N–H and O–H groups in total. The largest absolute Gasteiger partial charge is 0.389 e. The Morgan fingerprint density at radius 3 is 2.50 bits per heavy atom. The first kappa shape index (κ1) is 25.2. The standard InChI is InChI=1S/C23H22ClF3N4O3/c1-13(28-18(32)10-11-23(25,26)27)21(33)30-20-22(34)31(2)17-9-8-15(24)12-16(17)19(29-20)14-6-4-3-5-7-14/h3-9,12-13,20H,10-11H2,1-2H3,(H,28,32)(H,30,33)/t13-,20?/m0/s1. The number of benzodiazepines with no additional fused rings is 1. The molecule has 3 rings (SSSR count). The van der Waals surface area contributed by atoms with Crippen molar-refractivity contribution in [3.05, 3.63) is 64.7 Å². The van der Waals surface area contributed by atoms with Gasteiger partial charge in [0.25, 0.3) is 5.91 Å². The maximum absolute atomic E-state index is 13.1. The van der Waals surface area contributed by atoms with E-state index in [1.165, 1.54) is 18.9 Å². The first-order valence-corrected chi connectivity index (χ1v) is 10.7. The molecule has 0 fully saturated rings. The van der Waals surface area contributed by atoms with Gasteiger partial charge in [-0.2, -0.15) is 13.2 Å². The van der Waals surface area contributed by atoms with Crippen molar-refractivity contribution in [2.24, 2.45) is 4.99 Å². The summed E-state index contributed by atoms with van der Waals surface area (Å²) >= 11 is 6.19. The van der Waals surface area contributed by atoms with Gasteiger partial charge in [0.1, 0.15) is 6.04 Å². The second kappa shape index (κ2) is 10.3. The number of carbonyl (C=O) groups excluding carboxylic acids is 3. The van der Waals surface area contributed by atoms with Crippen LogP contribution in [0.25, 0.3) is 0 Å². The molecule has 1 unspecified atom stereocenters. The van der Waals surface area contributed by atoms with E-state index in [-0.39, 0.29) is 0 Å². The van der Waals surface area contributed by atoms with Gasteiger partial charge in [0.05, 0.1) is 17.8 Å². The molecule has 3 amide bonds. The van der Waals surface area contributed by atoms with Gasteiger partial charge in [0, 0.05) is 29.6 Å². The Hall–Kier alpha value is -3.40. The van der Waals surface area contributed by atoms with Crippen LogP contribution in [0.15, 0.2) is 53.5 Å². The number of anilines is 1. The topological polar surface area (TPSA) is 90.9 Å². The summed E-state index contributed by atoms with van der Waals surface area (Å²) < 4.78 is 37.0. The average Bonchev–Trinajstić information content (AvgIpc) is 2.88. The zero-order valence-electron chi connectivity index (χ0n) is 18.3. The van der Waals surface area contributed by atoms with E-state index in [1.54, 1.807) is 42.5 Å². The van der Waals surface area contributed by atoms with Gasteiger partial charge >= 0.3 is 6.18 Å². The SMILES string of the molecule is C[C@H](NC(=O)CCC(F)(F)F)C(=O)NC1N=C(c2ccccc2)c2cc(Cl)ccc2N(C)C1=O. The van der Waals surface area contributed by atoms with Crippen molar-refractivity contribution >= 4 is 40.7 Å². The van der Waals surface area contributed by atoms with Crippen LogP contribution in [0.4, 0.5) is 18.9 Å². The number of nitrogens with zero attached hydrogens (tertiary/aromatic N) is 2. The minimum absolute atomic E-state index is 0.419. The number of aliphatic imine (C=N–C) groups is 1. The van der Waals surface area contributed by atoms with Gasteiger partial charge in [0.15, 0.2) is 0 Å². The van der Waals surface area contributed by atoms with Gasteiger partial charge in [0.2, 0.25) is 18.0 Å². The maximum Gasteiger partial charge on any atom is 0.389 e. The third kappa shape index (κ3) is 6.13. The smallest absolute Gasteiger partial charge is 0.345 e. The first-order chi connectivity index (χ1) is 16.0. The molecule has 2 aromatic rings. The summed E-state index contributed by atoms with van der Waals surface area (Å²) in [6.45, 7) is 1.31. The lowest BCUT2D eigenvalue weighted by molar-refractivity contribution is -0.144.